The molecule has 10 nitrogen and oxygen atoms in total. The lowest BCUT2D eigenvalue weighted by molar-refractivity contribution is -0.134. The highest BCUT2D eigenvalue weighted by atomic mass is 19.3. The predicted molar refractivity (Wildman–Crippen MR) is 135 cm³/mol. The fourth-order valence-corrected chi connectivity index (χ4v) is 4.44. The van der Waals surface area contributed by atoms with Crippen LogP contribution in [0.3, 0.4) is 0 Å². The van der Waals surface area contributed by atoms with Crippen LogP contribution in [-0.2, 0) is 0 Å². The van der Waals surface area contributed by atoms with Gasteiger partial charge in [-0.3, -0.25) is 0 Å². The predicted octanol–water partition coefficient (Wildman–Crippen LogP) is 4.43. The minimum absolute atomic E-state index is 0.187. The lowest BCUT2D eigenvalue weighted by Crippen LogP contribution is -2.52. The monoisotopic (exact) mass is 517 g/mol. The second-order valence-electron chi connectivity index (χ2n) is 9.18. The largest absolute Gasteiger partial charge is 0.483 e. The summed E-state index contributed by atoms with van der Waals surface area (Å²) in [6, 6.07) is 13.5. The molecule has 12 heteroatoms. The molecule has 193 valence electrons. The standard InChI is InChI=1S/C26H23F2N8O2/c1-16-10-17(6-7-19(16)38-23-11-22-30-14-33-36(22)15-32-23)34-25-24-18(29-13-31-25)4-3-5-20(24)37-21-8-9-35(2)12-26(21,27)28/h3-4,6-7,10-11,13-15,21H,8-9,12H2,1-2H3,(H,29,31,34)/t21-/m1/s1. The van der Waals surface area contributed by atoms with Crippen molar-refractivity contribution in [1.82, 2.24) is 34.4 Å². The molecule has 0 spiro atoms. The van der Waals surface area contributed by atoms with Crippen molar-refractivity contribution in [3.8, 4) is 17.4 Å². The Kier molecular flexibility index (Phi) is 5.95. The van der Waals surface area contributed by atoms with Crippen molar-refractivity contribution < 1.29 is 18.3 Å². The van der Waals surface area contributed by atoms with E-state index in [0.29, 0.717) is 40.5 Å². The summed E-state index contributed by atoms with van der Waals surface area (Å²) in [5.41, 5.74) is 2.73. The van der Waals surface area contributed by atoms with E-state index in [1.807, 2.05) is 19.1 Å². The summed E-state index contributed by atoms with van der Waals surface area (Å²) in [5, 5.41) is 7.77. The van der Waals surface area contributed by atoms with E-state index in [4.69, 9.17) is 9.47 Å². The van der Waals surface area contributed by atoms with E-state index >= 15 is 0 Å². The van der Waals surface area contributed by atoms with E-state index < -0.39 is 12.0 Å². The fraction of sp³-hybridized carbons (Fsp3) is 0.269. The Hall–Kier alpha value is -4.45. The highest BCUT2D eigenvalue weighted by Crippen LogP contribution is 2.36. The fourth-order valence-electron chi connectivity index (χ4n) is 4.44. The molecule has 2 aromatic carbocycles. The summed E-state index contributed by atoms with van der Waals surface area (Å²) in [6.07, 6.45) is 3.31. The average Bonchev–Trinajstić information content (AvgIpc) is 3.35. The molecule has 1 atom stereocenters. The molecule has 38 heavy (non-hydrogen) atoms. The normalized spacial score (nSPS) is 17.5. The number of nitrogens with one attached hydrogen (secondary N) is 1. The number of aromatic nitrogens is 6. The van der Waals surface area contributed by atoms with Crippen molar-refractivity contribution in [3.63, 3.8) is 0 Å². The van der Waals surface area contributed by atoms with Crippen LogP contribution in [0.25, 0.3) is 16.6 Å². The first-order chi connectivity index (χ1) is 18.4. The first-order valence-corrected chi connectivity index (χ1v) is 11.9. The van der Waals surface area contributed by atoms with Crippen LogP contribution in [0.2, 0.25) is 0 Å². The molecule has 3 aromatic heterocycles. The molecule has 0 saturated carbocycles. The number of aryl methyl sites for hydroxylation is 1. The van der Waals surface area contributed by atoms with E-state index in [9.17, 15) is 8.78 Å². The number of anilines is 2. The van der Waals surface area contributed by atoms with Gasteiger partial charge in [0.1, 0.15) is 36.3 Å². The number of nitrogens with zero attached hydrogens (tertiary/aromatic N) is 7. The molecule has 0 unspecified atom stereocenters. The number of benzene rings is 2. The molecule has 1 N–H and O–H groups in total. The van der Waals surface area contributed by atoms with Crippen molar-refractivity contribution in [2.45, 2.75) is 25.4 Å². The number of halogens is 2. The Balaban J connectivity index is 1.26. The van der Waals surface area contributed by atoms with Gasteiger partial charge in [0.2, 0.25) is 5.88 Å². The van der Waals surface area contributed by atoms with Crippen LogP contribution in [-0.4, -0.2) is 66.6 Å². The van der Waals surface area contributed by atoms with Gasteiger partial charge in [0.25, 0.3) is 5.92 Å². The summed E-state index contributed by atoms with van der Waals surface area (Å²) in [6.45, 7) is 2.06. The summed E-state index contributed by atoms with van der Waals surface area (Å²) >= 11 is 0. The van der Waals surface area contributed by atoms with Gasteiger partial charge in [0, 0.05) is 30.8 Å². The van der Waals surface area contributed by atoms with Crippen LogP contribution in [0.5, 0.6) is 17.4 Å². The van der Waals surface area contributed by atoms with Gasteiger partial charge in [-0.05, 0) is 49.9 Å². The van der Waals surface area contributed by atoms with Crippen molar-refractivity contribution in [2.24, 2.45) is 0 Å². The van der Waals surface area contributed by atoms with Crippen LogP contribution in [0, 0.1) is 13.0 Å². The van der Waals surface area contributed by atoms with E-state index in [2.05, 4.69) is 36.4 Å². The Bertz CT molecular complexity index is 1620. The van der Waals surface area contributed by atoms with E-state index in [0.717, 1.165) is 11.3 Å². The first kappa shape index (κ1) is 23.9. The molecule has 1 aliphatic rings. The van der Waals surface area contributed by atoms with Gasteiger partial charge < -0.3 is 19.7 Å². The summed E-state index contributed by atoms with van der Waals surface area (Å²) in [5.74, 6) is -1.39. The van der Waals surface area contributed by atoms with E-state index in [-0.39, 0.29) is 18.7 Å². The quantitative estimate of drug-likeness (QED) is 0.350. The Morgan fingerprint density at radius 3 is 2.84 bits per heavy atom. The highest BCUT2D eigenvalue weighted by Gasteiger charge is 2.45. The maximum Gasteiger partial charge on any atom is 0.296 e. The maximum atomic E-state index is 14.7. The Morgan fingerprint density at radius 2 is 2.00 bits per heavy atom. The van der Waals surface area contributed by atoms with Crippen LogP contribution in [0.1, 0.15) is 12.0 Å². The number of likely N-dealkylation sites (tertiary alicyclic amines) is 1. The van der Waals surface area contributed by atoms with Crippen LogP contribution in [0.15, 0.2) is 55.4 Å². The lowest BCUT2D eigenvalue weighted by atomic mass is 10.0. The highest BCUT2D eigenvalue weighted by molar-refractivity contribution is 5.95. The zero-order chi connectivity index (χ0) is 26.3. The van der Waals surface area contributed by atoms with Gasteiger partial charge in [0.15, 0.2) is 11.8 Å². The molecule has 1 saturated heterocycles. The molecular formula is C26H23F2N8O2. The van der Waals surface area contributed by atoms with E-state index in [1.54, 1.807) is 40.7 Å². The third-order valence-electron chi connectivity index (χ3n) is 6.34. The van der Waals surface area contributed by atoms with Gasteiger partial charge >= 0.3 is 0 Å². The minimum Gasteiger partial charge on any atom is -0.483 e. The Morgan fingerprint density at radius 1 is 1.11 bits per heavy atom. The number of rotatable bonds is 6. The molecule has 1 fully saturated rings. The van der Waals surface area contributed by atoms with Gasteiger partial charge in [0.05, 0.1) is 17.4 Å². The van der Waals surface area contributed by atoms with Crippen LogP contribution < -0.4 is 14.8 Å². The topological polar surface area (TPSA) is 103 Å². The SMILES string of the molecule is Cc1cc(Nc2ncnc3cc[c]c(O[C@@H]4CCN(C)CC4(F)F)c23)ccc1Oc1cc2ncnn2cn1. The van der Waals surface area contributed by atoms with Crippen molar-refractivity contribution >= 4 is 28.1 Å². The van der Waals surface area contributed by atoms with Crippen molar-refractivity contribution in [2.75, 3.05) is 25.5 Å². The number of alkyl halides is 2. The van der Waals surface area contributed by atoms with Crippen molar-refractivity contribution in [1.29, 1.82) is 0 Å². The number of ether oxygens (including phenoxy) is 2. The summed E-state index contributed by atoms with van der Waals surface area (Å²) < 4.78 is 42.7. The lowest BCUT2D eigenvalue weighted by Gasteiger charge is -2.36. The molecule has 5 aromatic rings. The zero-order valence-electron chi connectivity index (χ0n) is 20.6. The zero-order valence-corrected chi connectivity index (χ0v) is 20.6. The average molecular weight is 518 g/mol. The molecule has 0 amide bonds. The molecule has 4 heterocycles. The van der Waals surface area contributed by atoms with Gasteiger partial charge in [-0.2, -0.15) is 5.10 Å². The van der Waals surface area contributed by atoms with Crippen LogP contribution >= 0.6 is 0 Å². The maximum absolute atomic E-state index is 14.7. The number of hydrogen-bond acceptors (Lipinski definition) is 9. The first-order valence-electron chi connectivity index (χ1n) is 11.9. The molecule has 0 bridgehead atoms. The minimum atomic E-state index is -2.99. The van der Waals surface area contributed by atoms with Gasteiger partial charge in [-0.1, -0.05) is 0 Å². The van der Waals surface area contributed by atoms with Gasteiger partial charge in [-0.25, -0.2) is 33.2 Å². The number of fused-ring (bicyclic) bond motifs is 2. The van der Waals surface area contributed by atoms with Crippen LogP contribution in [0.4, 0.5) is 20.3 Å². The number of hydrogen-bond donors (Lipinski definition) is 1. The Labute approximate surface area is 216 Å². The van der Waals surface area contributed by atoms with E-state index in [1.165, 1.54) is 19.0 Å². The number of piperidine rings is 1. The summed E-state index contributed by atoms with van der Waals surface area (Å²) in [4.78, 5) is 18.7. The molecule has 0 aliphatic carbocycles. The second kappa shape index (κ2) is 9.45. The third kappa shape index (κ3) is 4.65. The molecule has 1 radical (unpaired) electrons. The smallest absolute Gasteiger partial charge is 0.296 e. The second-order valence-corrected chi connectivity index (χ2v) is 9.18. The molecule has 1 aliphatic heterocycles. The van der Waals surface area contributed by atoms with Gasteiger partial charge in [-0.15, -0.1) is 0 Å². The molecular weight excluding hydrogens is 494 g/mol. The van der Waals surface area contributed by atoms with Crippen molar-refractivity contribution in [3.05, 3.63) is 67.0 Å². The summed E-state index contributed by atoms with van der Waals surface area (Å²) in [7, 11) is 1.68. The third-order valence-corrected chi connectivity index (χ3v) is 6.34. The molecule has 6 rings (SSSR count).